The monoisotopic (exact) mass is 391 g/mol. The van der Waals surface area contributed by atoms with E-state index in [0.29, 0.717) is 13.2 Å². The van der Waals surface area contributed by atoms with Gasteiger partial charge >= 0.3 is 0 Å². The van der Waals surface area contributed by atoms with Crippen LogP contribution in [0, 0.1) is 0 Å². The van der Waals surface area contributed by atoms with E-state index in [0.717, 1.165) is 32.1 Å². The smallest absolute Gasteiger partial charge is 0.119 e. The number of β-amino-alcohol motifs (C(OH)–C–C–N with tert-alkyl or cyclic N) is 1. The predicted octanol–water partition coefficient (Wildman–Crippen LogP) is 3.51. The van der Waals surface area contributed by atoms with Crippen molar-refractivity contribution >= 4 is 12.4 Å². The fourth-order valence-electron chi connectivity index (χ4n) is 3.32. The molecule has 1 N–H and O–H groups in total. The van der Waals surface area contributed by atoms with E-state index in [9.17, 15) is 5.11 Å². The summed E-state index contributed by atoms with van der Waals surface area (Å²) in [5, 5.41) is 10.2. The molecule has 0 radical (unpaired) electrons. The Balaban J connectivity index is 0.00000261. The van der Waals surface area contributed by atoms with Crippen molar-refractivity contribution in [2.45, 2.75) is 25.4 Å². The maximum absolute atomic E-state index is 10.2. The van der Waals surface area contributed by atoms with Crippen LogP contribution in [0.1, 0.15) is 25.0 Å². The molecule has 1 atom stereocenters. The van der Waals surface area contributed by atoms with Gasteiger partial charge in [-0.1, -0.05) is 56.3 Å². The number of ether oxygens (including phenoxy) is 2. The van der Waals surface area contributed by atoms with Crippen molar-refractivity contribution in [3.05, 3.63) is 65.7 Å². The van der Waals surface area contributed by atoms with Crippen molar-refractivity contribution in [2.24, 2.45) is 0 Å². The zero-order chi connectivity index (χ0) is 18.4. The van der Waals surface area contributed by atoms with Crippen molar-refractivity contribution in [3.63, 3.8) is 0 Å². The van der Waals surface area contributed by atoms with Gasteiger partial charge in [-0.15, -0.1) is 12.4 Å². The molecule has 4 nitrogen and oxygen atoms in total. The minimum atomic E-state index is -0.492. The van der Waals surface area contributed by atoms with Crippen molar-refractivity contribution in [2.75, 3.05) is 39.5 Å². The third-order valence-electron chi connectivity index (χ3n) is 5.09. The molecule has 27 heavy (non-hydrogen) atoms. The zero-order valence-corrected chi connectivity index (χ0v) is 17.0. The van der Waals surface area contributed by atoms with Crippen LogP contribution in [0.5, 0.6) is 5.75 Å². The van der Waals surface area contributed by atoms with E-state index < -0.39 is 6.10 Å². The molecule has 1 saturated heterocycles. The van der Waals surface area contributed by atoms with Crippen LogP contribution >= 0.6 is 12.4 Å². The van der Waals surface area contributed by atoms with Crippen LogP contribution < -0.4 is 4.74 Å². The van der Waals surface area contributed by atoms with Gasteiger partial charge in [0.05, 0.1) is 13.2 Å². The number of hydrogen-bond acceptors (Lipinski definition) is 4. The molecule has 148 valence electrons. The summed E-state index contributed by atoms with van der Waals surface area (Å²) in [5.41, 5.74) is 2.47. The van der Waals surface area contributed by atoms with E-state index in [-0.39, 0.29) is 17.8 Å². The third kappa shape index (κ3) is 5.94. The number of morpholine rings is 1. The van der Waals surface area contributed by atoms with E-state index in [2.05, 4.69) is 55.1 Å². The summed E-state index contributed by atoms with van der Waals surface area (Å²) in [7, 11) is 0. The molecule has 0 bridgehead atoms. The molecule has 1 unspecified atom stereocenters. The number of hydrogen-bond donors (Lipinski definition) is 1. The van der Waals surface area contributed by atoms with Crippen LogP contribution in [0.15, 0.2) is 54.6 Å². The molecule has 1 fully saturated rings. The van der Waals surface area contributed by atoms with Crippen LogP contribution in [-0.2, 0) is 10.2 Å². The van der Waals surface area contributed by atoms with E-state index in [1.54, 1.807) is 0 Å². The molecular formula is C22H30ClNO3. The molecule has 3 rings (SSSR count). The molecule has 0 aromatic heterocycles. The molecule has 0 spiro atoms. The fraction of sp³-hybridized carbons (Fsp3) is 0.455. The second-order valence-electron chi connectivity index (χ2n) is 7.39. The normalized spacial score (nSPS) is 16.4. The Bertz CT molecular complexity index is 670. The highest BCUT2D eigenvalue weighted by atomic mass is 35.5. The predicted molar refractivity (Wildman–Crippen MR) is 111 cm³/mol. The standard InChI is InChI=1S/C22H29NO3.ClH/c1-22(2,18-6-4-3-5-7-18)19-8-10-21(11-9-19)26-17-20(24)16-23-12-14-25-15-13-23;/h3-11,20,24H,12-17H2,1-2H3;1H. The number of rotatable bonds is 7. The van der Waals surface area contributed by atoms with Crippen molar-refractivity contribution < 1.29 is 14.6 Å². The summed E-state index contributed by atoms with van der Waals surface area (Å²) in [4.78, 5) is 2.21. The molecule has 1 aliphatic heterocycles. The van der Waals surface area contributed by atoms with E-state index in [1.807, 2.05) is 18.2 Å². The van der Waals surface area contributed by atoms with E-state index >= 15 is 0 Å². The first kappa shape index (κ1) is 21.7. The lowest BCUT2D eigenvalue weighted by Gasteiger charge is -2.28. The fourth-order valence-corrected chi connectivity index (χ4v) is 3.32. The Labute approximate surface area is 168 Å². The Kier molecular flexibility index (Phi) is 8.11. The number of nitrogens with zero attached hydrogens (tertiary/aromatic N) is 1. The highest BCUT2D eigenvalue weighted by Crippen LogP contribution is 2.32. The van der Waals surface area contributed by atoms with Gasteiger partial charge in [0.1, 0.15) is 18.5 Å². The van der Waals surface area contributed by atoms with Gasteiger partial charge in [-0.2, -0.15) is 0 Å². The molecule has 1 heterocycles. The van der Waals surface area contributed by atoms with E-state index in [4.69, 9.17) is 9.47 Å². The number of halogens is 1. The Morgan fingerprint density at radius 2 is 1.59 bits per heavy atom. The summed E-state index contributed by atoms with van der Waals surface area (Å²) < 4.78 is 11.1. The minimum absolute atomic E-state index is 0. The first-order valence-electron chi connectivity index (χ1n) is 9.33. The molecular weight excluding hydrogens is 362 g/mol. The first-order chi connectivity index (χ1) is 12.6. The summed E-state index contributed by atoms with van der Waals surface area (Å²) in [5.74, 6) is 0.790. The second kappa shape index (κ2) is 10.1. The van der Waals surface area contributed by atoms with Gasteiger partial charge in [-0.05, 0) is 23.3 Å². The quantitative estimate of drug-likeness (QED) is 0.784. The SMILES string of the molecule is CC(C)(c1ccccc1)c1ccc(OCC(O)CN2CCOCC2)cc1.Cl. The molecule has 2 aromatic carbocycles. The molecule has 0 saturated carbocycles. The van der Waals surface area contributed by atoms with Crippen molar-refractivity contribution in [1.82, 2.24) is 4.90 Å². The van der Waals surface area contributed by atoms with Gasteiger partial charge in [0, 0.05) is 25.0 Å². The topological polar surface area (TPSA) is 41.9 Å². The van der Waals surface area contributed by atoms with Gasteiger partial charge in [0.2, 0.25) is 0 Å². The second-order valence-corrected chi connectivity index (χ2v) is 7.39. The highest BCUT2D eigenvalue weighted by Gasteiger charge is 2.22. The zero-order valence-electron chi connectivity index (χ0n) is 16.1. The average molecular weight is 392 g/mol. The highest BCUT2D eigenvalue weighted by molar-refractivity contribution is 5.85. The Morgan fingerprint density at radius 3 is 2.22 bits per heavy atom. The molecule has 5 heteroatoms. The largest absolute Gasteiger partial charge is 0.491 e. The summed E-state index contributed by atoms with van der Waals surface area (Å²) in [6.07, 6.45) is -0.492. The van der Waals surface area contributed by atoms with E-state index in [1.165, 1.54) is 11.1 Å². The van der Waals surface area contributed by atoms with Crippen LogP contribution in [0.2, 0.25) is 0 Å². The van der Waals surface area contributed by atoms with Gasteiger partial charge in [-0.25, -0.2) is 0 Å². The third-order valence-corrected chi connectivity index (χ3v) is 5.09. The van der Waals surface area contributed by atoms with Crippen molar-refractivity contribution in [1.29, 1.82) is 0 Å². The lowest BCUT2D eigenvalue weighted by Crippen LogP contribution is -2.42. The molecule has 0 aliphatic carbocycles. The van der Waals surface area contributed by atoms with Gasteiger partial charge in [-0.3, -0.25) is 4.90 Å². The van der Waals surface area contributed by atoms with Crippen LogP contribution in [0.25, 0.3) is 0 Å². The van der Waals surface area contributed by atoms with Crippen molar-refractivity contribution in [3.8, 4) is 5.75 Å². The van der Waals surface area contributed by atoms with Crippen LogP contribution in [0.4, 0.5) is 0 Å². The summed E-state index contributed by atoms with van der Waals surface area (Å²) in [6, 6.07) is 18.7. The van der Waals surface area contributed by atoms with Crippen LogP contribution in [0.3, 0.4) is 0 Å². The number of aliphatic hydroxyl groups excluding tert-OH is 1. The average Bonchev–Trinajstić information content (AvgIpc) is 2.68. The molecule has 1 aliphatic rings. The van der Waals surface area contributed by atoms with Crippen LogP contribution in [-0.4, -0.2) is 55.6 Å². The maximum atomic E-state index is 10.2. The molecule has 0 amide bonds. The van der Waals surface area contributed by atoms with Gasteiger partial charge < -0.3 is 14.6 Å². The number of benzene rings is 2. The lowest BCUT2D eigenvalue weighted by molar-refractivity contribution is 0.00465. The molecule has 2 aromatic rings. The Morgan fingerprint density at radius 1 is 1.00 bits per heavy atom. The van der Waals surface area contributed by atoms with Gasteiger partial charge in [0.15, 0.2) is 0 Å². The minimum Gasteiger partial charge on any atom is -0.491 e. The number of aliphatic hydroxyl groups is 1. The maximum Gasteiger partial charge on any atom is 0.119 e. The summed E-state index contributed by atoms with van der Waals surface area (Å²) in [6.45, 7) is 8.62. The first-order valence-corrected chi connectivity index (χ1v) is 9.33. The lowest BCUT2D eigenvalue weighted by atomic mass is 9.78. The Hall–Kier alpha value is -1.59. The van der Waals surface area contributed by atoms with Gasteiger partial charge in [0.25, 0.3) is 0 Å². The summed E-state index contributed by atoms with van der Waals surface area (Å²) >= 11 is 0.